The quantitative estimate of drug-likeness (QED) is 0.149. The molecular weight excluding hydrogens is 516 g/mol. The first-order valence-corrected chi connectivity index (χ1v) is 12.1. The topological polar surface area (TPSA) is 285 Å². The summed E-state index contributed by atoms with van der Waals surface area (Å²) in [6.45, 7) is -5.56. The van der Waals surface area contributed by atoms with E-state index < -0.39 is 77.7 Å². The van der Waals surface area contributed by atoms with Gasteiger partial charge in [0.25, 0.3) is 11.4 Å². The molecule has 1 aliphatic rings. The zero-order valence-electron chi connectivity index (χ0n) is 17.9. The second kappa shape index (κ2) is 9.25. The molecule has 6 atom stereocenters. The lowest BCUT2D eigenvalue weighted by atomic mass is 10.1. The molecule has 2 heterocycles. The highest BCUT2D eigenvalue weighted by Crippen LogP contribution is 2.66. The number of aromatic amines is 1. The van der Waals surface area contributed by atoms with Crippen molar-refractivity contribution in [1.82, 2.24) is 9.55 Å². The van der Waals surface area contributed by atoms with E-state index in [4.69, 9.17) is 23.9 Å². The molecule has 0 saturated carbocycles. The highest BCUT2D eigenvalue weighted by molar-refractivity contribution is 7.66. The monoisotopic (exact) mass is 535 g/mol. The van der Waals surface area contributed by atoms with Gasteiger partial charge in [0, 0.05) is 6.20 Å². The van der Waals surface area contributed by atoms with Crippen molar-refractivity contribution < 1.29 is 75.0 Å². The summed E-state index contributed by atoms with van der Waals surface area (Å²) in [6, 6.07) is 0. The van der Waals surface area contributed by atoms with Crippen LogP contribution in [0.1, 0.15) is 15.9 Å². The van der Waals surface area contributed by atoms with Crippen LogP contribution in [0.15, 0.2) is 15.8 Å². The van der Waals surface area contributed by atoms with Crippen molar-refractivity contribution in [3.63, 3.8) is 0 Å². The molecule has 2 rings (SSSR count). The lowest BCUT2D eigenvalue weighted by Crippen LogP contribution is -2.43. The molecule has 0 radical (unpaired) electrons. The molecule has 184 valence electrons. The normalized spacial score (nSPS) is 34.2. The van der Waals surface area contributed by atoms with Gasteiger partial charge in [0.05, 0.1) is 16.3 Å². The van der Waals surface area contributed by atoms with Crippen molar-refractivity contribution in [1.29, 1.82) is 0 Å². The van der Waals surface area contributed by atoms with E-state index in [9.17, 15) is 38.4 Å². The van der Waals surface area contributed by atoms with Gasteiger partial charge in [-0.3, -0.25) is 18.9 Å². The SMILES string of the molecule is [2H]C([2H])(OP(=O)(O)OP(=O)(O)OP(=O)(O)O)[C@@]1(F)O[C@@]([2H])(n2cc(CO)c(=O)[nH]c2=O)[C@H](O)[C@@H]1O. The number of aliphatic hydroxyl groups is 3. The second-order valence-electron chi connectivity index (χ2n) is 5.70. The molecule has 1 aromatic heterocycles. The van der Waals surface area contributed by atoms with Crippen LogP contribution in [0.2, 0.25) is 0 Å². The molecule has 1 saturated heterocycles. The first-order chi connectivity index (χ1) is 15.5. The summed E-state index contributed by atoms with van der Waals surface area (Å²) in [5, 5.41) is 29.3. The molecule has 22 heteroatoms. The molecule has 1 aliphatic heterocycles. The van der Waals surface area contributed by atoms with E-state index in [1.807, 2.05) is 0 Å². The first-order valence-electron chi connectivity index (χ1n) is 9.06. The fourth-order valence-electron chi connectivity index (χ4n) is 2.09. The Hall–Kier alpha value is -1.14. The minimum Gasteiger partial charge on any atom is -0.391 e. The van der Waals surface area contributed by atoms with Crippen molar-refractivity contribution in [3.05, 3.63) is 32.6 Å². The van der Waals surface area contributed by atoms with Crippen molar-refractivity contribution in [3.8, 4) is 0 Å². The molecule has 0 aliphatic carbocycles. The van der Waals surface area contributed by atoms with Crippen LogP contribution in [0.5, 0.6) is 0 Å². The molecule has 18 nitrogen and oxygen atoms in total. The van der Waals surface area contributed by atoms with E-state index in [2.05, 4.69) is 17.9 Å². The summed E-state index contributed by atoms with van der Waals surface area (Å²) in [5.41, 5.74) is -3.42. The summed E-state index contributed by atoms with van der Waals surface area (Å²) < 4.78 is 87.1. The number of alkyl halides is 1. The second-order valence-corrected chi connectivity index (χ2v) is 10.0. The third-order valence-electron chi connectivity index (χ3n) is 3.33. The summed E-state index contributed by atoms with van der Waals surface area (Å²) >= 11 is 0. The smallest absolute Gasteiger partial charge is 0.391 e. The van der Waals surface area contributed by atoms with Crippen LogP contribution >= 0.6 is 23.5 Å². The van der Waals surface area contributed by atoms with Gasteiger partial charge in [-0.05, 0) is 0 Å². The Bertz CT molecular complexity index is 1250. The van der Waals surface area contributed by atoms with Crippen molar-refractivity contribution >= 4 is 23.5 Å². The fourth-order valence-corrected chi connectivity index (χ4v) is 4.97. The number of phosphoric ester groups is 1. The number of hydrogen-bond donors (Lipinski definition) is 8. The summed E-state index contributed by atoms with van der Waals surface area (Å²) in [4.78, 5) is 60.7. The average molecular weight is 535 g/mol. The van der Waals surface area contributed by atoms with Gasteiger partial charge in [0.15, 0.2) is 6.20 Å². The van der Waals surface area contributed by atoms with Crippen LogP contribution in [0.4, 0.5) is 4.39 Å². The summed E-state index contributed by atoms with van der Waals surface area (Å²) in [6.07, 6.45) is -9.29. The Morgan fingerprint density at radius 2 is 1.81 bits per heavy atom. The van der Waals surface area contributed by atoms with Crippen LogP contribution in [-0.4, -0.2) is 69.1 Å². The zero-order valence-corrected chi connectivity index (χ0v) is 17.6. The molecule has 8 N–H and O–H groups in total. The highest BCUT2D eigenvalue weighted by atomic mass is 31.3. The van der Waals surface area contributed by atoms with Gasteiger partial charge in [0.2, 0.25) is 0 Å². The zero-order chi connectivity index (χ0) is 27.4. The van der Waals surface area contributed by atoms with E-state index in [-0.39, 0.29) is 4.57 Å². The van der Waals surface area contributed by atoms with Gasteiger partial charge >= 0.3 is 29.2 Å². The predicted octanol–water partition coefficient (Wildman–Crippen LogP) is -2.71. The Kier molecular flexibility index (Phi) is 6.54. The number of ether oxygens (including phenoxy) is 1. The van der Waals surface area contributed by atoms with Crippen LogP contribution < -0.4 is 11.2 Å². The number of phosphoric acid groups is 3. The van der Waals surface area contributed by atoms with Gasteiger partial charge in [-0.25, -0.2) is 22.9 Å². The molecule has 0 spiro atoms. The number of hydrogen-bond acceptors (Lipinski definition) is 12. The van der Waals surface area contributed by atoms with Gasteiger partial charge in [-0.1, -0.05) is 0 Å². The van der Waals surface area contributed by atoms with Crippen molar-refractivity contribution in [2.24, 2.45) is 0 Å². The third kappa shape index (κ3) is 6.47. The lowest BCUT2D eigenvalue weighted by Gasteiger charge is -2.24. The number of H-pyrrole nitrogens is 1. The molecule has 32 heavy (non-hydrogen) atoms. The standard InChI is InChI=1S/C10H16FN2O16P3/c11-10(3-26-31(22,23)29-32(24,25)28-30(19,20)21)6(16)5(15)8(27-10)13-1-4(2-14)7(17)12-9(13)18/h1,5-6,8,14-16H,2-3H2,(H,22,23)(H,24,25)(H,12,17,18)(H2,19,20,21)/t5-,6+,8-,10-/m1/s1/i3D2,8D. The molecule has 0 aromatic carbocycles. The maximum Gasteiger partial charge on any atom is 0.490 e. The lowest BCUT2D eigenvalue weighted by molar-refractivity contribution is -0.205. The Morgan fingerprint density at radius 3 is 2.34 bits per heavy atom. The van der Waals surface area contributed by atoms with Gasteiger partial charge in [0.1, 0.15) is 18.8 Å². The minimum atomic E-state index is -6.38. The molecular formula is C10H16FN2O16P3. The van der Waals surface area contributed by atoms with Crippen molar-refractivity contribution in [2.45, 2.75) is 30.9 Å². The maximum atomic E-state index is 15.5. The van der Waals surface area contributed by atoms with Crippen LogP contribution in [0, 0.1) is 0 Å². The number of halogens is 1. The summed E-state index contributed by atoms with van der Waals surface area (Å²) in [5.74, 6) is -4.56. The predicted molar refractivity (Wildman–Crippen MR) is 93.0 cm³/mol. The highest BCUT2D eigenvalue weighted by Gasteiger charge is 2.57. The van der Waals surface area contributed by atoms with E-state index in [1.54, 1.807) is 4.98 Å². The van der Waals surface area contributed by atoms with E-state index in [0.29, 0.717) is 6.20 Å². The Labute approximate surface area is 179 Å². The summed E-state index contributed by atoms with van der Waals surface area (Å²) in [7, 11) is -18.4. The largest absolute Gasteiger partial charge is 0.490 e. The number of aliphatic hydroxyl groups excluding tert-OH is 3. The average Bonchev–Trinajstić information content (AvgIpc) is 2.79. The number of aromatic nitrogens is 2. The van der Waals surface area contributed by atoms with Gasteiger partial charge in [-0.2, -0.15) is 8.62 Å². The van der Waals surface area contributed by atoms with Crippen LogP contribution in [-0.2, 0) is 38.2 Å². The van der Waals surface area contributed by atoms with Crippen molar-refractivity contribution in [2.75, 3.05) is 6.56 Å². The molecule has 1 aromatic rings. The minimum absolute atomic E-state index is 0.0872. The maximum absolute atomic E-state index is 15.5. The first kappa shape index (κ1) is 22.6. The van der Waals surface area contributed by atoms with E-state index in [0.717, 1.165) is 0 Å². The number of nitrogens with one attached hydrogen (secondary N) is 1. The van der Waals surface area contributed by atoms with Gasteiger partial charge < -0.3 is 39.6 Å². The van der Waals surface area contributed by atoms with Crippen LogP contribution in [0.25, 0.3) is 0 Å². The molecule has 2 unspecified atom stereocenters. The molecule has 0 amide bonds. The number of rotatable bonds is 9. The number of nitrogens with zero attached hydrogens (tertiary/aromatic N) is 1. The van der Waals surface area contributed by atoms with E-state index in [1.165, 1.54) is 0 Å². The van der Waals surface area contributed by atoms with E-state index >= 15 is 4.39 Å². The Balaban J connectivity index is 2.46. The molecule has 0 bridgehead atoms. The fraction of sp³-hybridized carbons (Fsp3) is 0.600. The third-order valence-corrected chi connectivity index (χ3v) is 6.97. The molecule has 1 fully saturated rings. The Morgan fingerprint density at radius 1 is 1.22 bits per heavy atom. The van der Waals surface area contributed by atoms with Gasteiger partial charge in [-0.15, -0.1) is 0 Å². The van der Waals surface area contributed by atoms with Crippen LogP contribution in [0.3, 0.4) is 0 Å².